The Morgan fingerprint density at radius 3 is 2.83 bits per heavy atom. The van der Waals surface area contributed by atoms with E-state index < -0.39 is 0 Å². The lowest BCUT2D eigenvalue weighted by Crippen LogP contribution is -2.21. The van der Waals surface area contributed by atoms with Crippen molar-refractivity contribution in [3.05, 3.63) is 34.2 Å². The molecule has 0 saturated heterocycles. The summed E-state index contributed by atoms with van der Waals surface area (Å²) in [7, 11) is 0. The quantitative estimate of drug-likeness (QED) is 0.773. The van der Waals surface area contributed by atoms with E-state index in [1.165, 1.54) is 12.0 Å². The van der Waals surface area contributed by atoms with Gasteiger partial charge in [0.25, 0.3) is 0 Å². The zero-order valence-corrected chi connectivity index (χ0v) is 10.8. The van der Waals surface area contributed by atoms with Crippen LogP contribution in [0.3, 0.4) is 0 Å². The molecular weight excluding hydrogens is 226 g/mol. The predicted molar refractivity (Wildman–Crippen MR) is 72.6 cm³/mol. The molecule has 1 aromatic heterocycles. The third-order valence-electron chi connectivity index (χ3n) is 4.00. The van der Waals surface area contributed by atoms with E-state index in [1.54, 1.807) is 0 Å². The monoisotopic (exact) mass is 245 g/mol. The fourth-order valence-electron chi connectivity index (χ4n) is 2.45. The second kappa shape index (κ2) is 4.28. The first kappa shape index (κ1) is 11.5. The van der Waals surface area contributed by atoms with Gasteiger partial charge in [0.05, 0.1) is 11.0 Å². The first-order chi connectivity index (χ1) is 8.63. The summed E-state index contributed by atoms with van der Waals surface area (Å²) >= 11 is 0. The van der Waals surface area contributed by atoms with Crippen molar-refractivity contribution in [1.29, 1.82) is 0 Å². The standard InChI is InChI=1S/C14H19N3O/c1-8-5-11(8)7-15-9(2)10-3-4-12-13(6-10)17-14(18)16-12/h3-4,6,8-9,11,15H,5,7H2,1-2H3,(H2,16,17,18). The first-order valence-corrected chi connectivity index (χ1v) is 6.59. The van der Waals surface area contributed by atoms with Crippen LogP contribution in [0.2, 0.25) is 0 Å². The highest BCUT2D eigenvalue weighted by Crippen LogP contribution is 2.37. The van der Waals surface area contributed by atoms with Crippen LogP contribution in [0.4, 0.5) is 0 Å². The van der Waals surface area contributed by atoms with E-state index in [0.29, 0.717) is 6.04 Å². The van der Waals surface area contributed by atoms with Crippen molar-refractivity contribution in [2.75, 3.05) is 6.54 Å². The van der Waals surface area contributed by atoms with Gasteiger partial charge in [0.15, 0.2) is 0 Å². The van der Waals surface area contributed by atoms with Crippen molar-refractivity contribution < 1.29 is 0 Å². The van der Waals surface area contributed by atoms with Crippen LogP contribution < -0.4 is 11.0 Å². The van der Waals surface area contributed by atoms with Crippen LogP contribution >= 0.6 is 0 Å². The molecule has 1 heterocycles. The lowest BCUT2D eigenvalue weighted by Gasteiger charge is -2.14. The maximum absolute atomic E-state index is 11.2. The number of fused-ring (bicyclic) bond motifs is 1. The van der Waals surface area contributed by atoms with E-state index in [4.69, 9.17) is 0 Å². The van der Waals surface area contributed by atoms with Gasteiger partial charge in [-0.15, -0.1) is 0 Å². The molecule has 1 saturated carbocycles. The Morgan fingerprint density at radius 2 is 2.11 bits per heavy atom. The van der Waals surface area contributed by atoms with Gasteiger partial charge < -0.3 is 15.3 Å². The van der Waals surface area contributed by atoms with Crippen molar-refractivity contribution in [1.82, 2.24) is 15.3 Å². The summed E-state index contributed by atoms with van der Waals surface area (Å²) in [4.78, 5) is 16.8. The summed E-state index contributed by atoms with van der Waals surface area (Å²) in [6.45, 7) is 5.55. The average Bonchev–Trinajstić information content (AvgIpc) is 2.91. The number of aromatic amines is 2. The Morgan fingerprint density at radius 1 is 1.39 bits per heavy atom. The SMILES string of the molecule is CC(NCC1CC1C)c1ccc2[nH]c(=O)[nH]c2c1. The summed E-state index contributed by atoms with van der Waals surface area (Å²) in [5.74, 6) is 1.73. The minimum Gasteiger partial charge on any atom is -0.310 e. The zero-order valence-electron chi connectivity index (χ0n) is 10.8. The molecule has 0 bridgehead atoms. The number of H-pyrrole nitrogens is 2. The van der Waals surface area contributed by atoms with Crippen molar-refractivity contribution >= 4 is 11.0 Å². The highest BCUT2D eigenvalue weighted by molar-refractivity contribution is 5.75. The predicted octanol–water partition coefficient (Wildman–Crippen LogP) is 2.16. The molecule has 1 aliphatic rings. The van der Waals surface area contributed by atoms with Gasteiger partial charge in [-0.25, -0.2) is 4.79 Å². The number of imidazole rings is 1. The van der Waals surface area contributed by atoms with Gasteiger partial charge >= 0.3 is 5.69 Å². The number of rotatable bonds is 4. The molecule has 3 unspecified atom stereocenters. The van der Waals surface area contributed by atoms with Crippen LogP contribution in [-0.2, 0) is 0 Å². The number of benzene rings is 1. The molecule has 3 rings (SSSR count). The largest absolute Gasteiger partial charge is 0.323 e. The van der Waals surface area contributed by atoms with Crippen LogP contribution in [-0.4, -0.2) is 16.5 Å². The molecule has 3 atom stereocenters. The fourth-order valence-corrected chi connectivity index (χ4v) is 2.45. The summed E-state index contributed by atoms with van der Waals surface area (Å²) in [5, 5.41) is 3.56. The molecule has 0 amide bonds. The van der Waals surface area contributed by atoms with E-state index >= 15 is 0 Å². The summed E-state index contributed by atoms with van der Waals surface area (Å²) in [5.41, 5.74) is 2.82. The molecule has 0 radical (unpaired) electrons. The molecule has 0 spiro atoms. The first-order valence-electron chi connectivity index (χ1n) is 6.59. The molecule has 0 aliphatic heterocycles. The second-order valence-electron chi connectivity index (χ2n) is 5.49. The zero-order chi connectivity index (χ0) is 12.7. The lowest BCUT2D eigenvalue weighted by atomic mass is 10.1. The Balaban J connectivity index is 1.73. The molecule has 1 aromatic carbocycles. The van der Waals surface area contributed by atoms with Crippen LogP contribution in [0.15, 0.2) is 23.0 Å². The topological polar surface area (TPSA) is 60.7 Å². The van der Waals surface area contributed by atoms with Crippen LogP contribution in [0, 0.1) is 11.8 Å². The average molecular weight is 245 g/mol. The smallest absolute Gasteiger partial charge is 0.310 e. The van der Waals surface area contributed by atoms with E-state index in [0.717, 1.165) is 29.4 Å². The van der Waals surface area contributed by atoms with E-state index in [1.807, 2.05) is 12.1 Å². The van der Waals surface area contributed by atoms with Crippen LogP contribution in [0.1, 0.15) is 31.9 Å². The molecule has 4 nitrogen and oxygen atoms in total. The van der Waals surface area contributed by atoms with Crippen molar-refractivity contribution in [3.8, 4) is 0 Å². The van der Waals surface area contributed by atoms with Crippen LogP contribution in [0.5, 0.6) is 0 Å². The summed E-state index contributed by atoms with van der Waals surface area (Å²) in [6, 6.07) is 6.39. The molecule has 96 valence electrons. The third kappa shape index (κ3) is 2.20. The maximum Gasteiger partial charge on any atom is 0.323 e. The normalized spacial score (nSPS) is 24.3. The minimum atomic E-state index is -0.144. The number of hydrogen-bond donors (Lipinski definition) is 3. The molecule has 4 heteroatoms. The number of nitrogens with one attached hydrogen (secondary N) is 3. The van der Waals surface area contributed by atoms with E-state index in [2.05, 4.69) is 35.2 Å². The highest BCUT2D eigenvalue weighted by atomic mass is 16.1. The minimum absolute atomic E-state index is 0.144. The molecule has 3 N–H and O–H groups in total. The maximum atomic E-state index is 11.2. The number of aromatic nitrogens is 2. The van der Waals surface area contributed by atoms with Gasteiger partial charge in [-0.1, -0.05) is 13.0 Å². The lowest BCUT2D eigenvalue weighted by molar-refractivity contribution is 0.535. The third-order valence-corrected chi connectivity index (χ3v) is 4.00. The Labute approximate surface area is 106 Å². The molecule has 2 aromatic rings. The fraction of sp³-hybridized carbons (Fsp3) is 0.500. The highest BCUT2D eigenvalue weighted by Gasteiger charge is 2.32. The Kier molecular flexibility index (Phi) is 2.74. The van der Waals surface area contributed by atoms with Crippen LogP contribution in [0.25, 0.3) is 11.0 Å². The Hall–Kier alpha value is -1.55. The molecular formula is C14H19N3O. The van der Waals surface area contributed by atoms with E-state index in [-0.39, 0.29) is 5.69 Å². The molecule has 1 aliphatic carbocycles. The van der Waals surface area contributed by atoms with Crippen molar-refractivity contribution in [2.45, 2.75) is 26.3 Å². The Bertz CT molecular complexity index is 613. The van der Waals surface area contributed by atoms with E-state index in [9.17, 15) is 4.79 Å². The van der Waals surface area contributed by atoms with Gasteiger partial charge in [0.2, 0.25) is 0 Å². The van der Waals surface area contributed by atoms with Gasteiger partial charge in [0.1, 0.15) is 0 Å². The van der Waals surface area contributed by atoms with Crippen molar-refractivity contribution in [2.24, 2.45) is 11.8 Å². The molecule has 1 fully saturated rings. The van der Waals surface area contributed by atoms with Crippen molar-refractivity contribution in [3.63, 3.8) is 0 Å². The molecule has 18 heavy (non-hydrogen) atoms. The van der Waals surface area contributed by atoms with Gasteiger partial charge in [0, 0.05) is 6.04 Å². The van der Waals surface area contributed by atoms with Gasteiger partial charge in [-0.05, 0) is 49.4 Å². The summed E-state index contributed by atoms with van der Waals surface area (Å²) in [6.07, 6.45) is 1.35. The van der Waals surface area contributed by atoms with Gasteiger partial charge in [-0.2, -0.15) is 0 Å². The number of hydrogen-bond acceptors (Lipinski definition) is 2. The summed E-state index contributed by atoms with van der Waals surface area (Å²) < 4.78 is 0. The van der Waals surface area contributed by atoms with Gasteiger partial charge in [-0.3, -0.25) is 0 Å². The second-order valence-corrected chi connectivity index (χ2v) is 5.49.